The van der Waals surface area contributed by atoms with Crippen LogP contribution in [0.15, 0.2) is 152 Å². The van der Waals surface area contributed by atoms with Crippen molar-refractivity contribution in [3.8, 4) is 67.5 Å². The minimum atomic E-state index is 0.171. The Labute approximate surface area is 282 Å². The maximum atomic E-state index is 4.90. The standard InChI is InChI=1S/C45H35N3/c1-4-13-34(14-5-1)42-46-43(35-15-6-2-7-16-35)48-44(47-42)36-27-23-32(24-28-36)31-21-25-33(26-22-31)37-18-12-20-40-41(37)38-17-8-9-19-39(38)45(40)29-10-3-11-30-45/h1-2,4-9,12-28H,3,10-11,29-30H2. The molecule has 230 valence electrons. The van der Waals surface area contributed by atoms with Crippen molar-refractivity contribution in [3.63, 3.8) is 0 Å². The third-order valence-electron chi connectivity index (χ3n) is 10.4. The fourth-order valence-corrected chi connectivity index (χ4v) is 8.03. The minimum Gasteiger partial charge on any atom is -0.208 e. The van der Waals surface area contributed by atoms with Gasteiger partial charge in [-0.2, -0.15) is 0 Å². The summed E-state index contributed by atoms with van der Waals surface area (Å²) in [6.45, 7) is 0. The van der Waals surface area contributed by atoms with Crippen molar-refractivity contribution in [2.45, 2.75) is 37.5 Å². The van der Waals surface area contributed by atoms with Gasteiger partial charge in [0, 0.05) is 22.1 Å². The number of fused-ring (bicyclic) bond motifs is 5. The van der Waals surface area contributed by atoms with E-state index in [0.717, 1.165) is 22.3 Å². The van der Waals surface area contributed by atoms with Crippen LogP contribution in [0.5, 0.6) is 0 Å². The van der Waals surface area contributed by atoms with Crippen LogP contribution < -0.4 is 0 Å². The predicted molar refractivity (Wildman–Crippen MR) is 196 cm³/mol. The monoisotopic (exact) mass is 617 g/mol. The second-order valence-corrected chi connectivity index (χ2v) is 13.1. The van der Waals surface area contributed by atoms with Crippen molar-refractivity contribution in [2.24, 2.45) is 0 Å². The fraction of sp³-hybridized carbons (Fsp3) is 0.133. The summed E-state index contributed by atoms with van der Waals surface area (Å²) in [6.07, 6.45) is 6.46. The molecule has 0 radical (unpaired) electrons. The Morgan fingerprint density at radius 1 is 0.333 bits per heavy atom. The SMILES string of the molecule is c1ccc(-c2nc(-c3ccccc3)nc(-c3ccc(-c4ccc(-c5cccc6c5-c5ccccc5C65CCCCC5)cc4)cc3)n2)cc1. The lowest BCUT2D eigenvalue weighted by Gasteiger charge is -2.36. The molecule has 1 aromatic heterocycles. The summed E-state index contributed by atoms with van der Waals surface area (Å²) >= 11 is 0. The van der Waals surface area contributed by atoms with Crippen molar-refractivity contribution >= 4 is 0 Å². The van der Waals surface area contributed by atoms with Gasteiger partial charge in [0.15, 0.2) is 17.5 Å². The molecular weight excluding hydrogens is 583 g/mol. The summed E-state index contributed by atoms with van der Waals surface area (Å²) in [5.41, 5.74) is 14.0. The Morgan fingerprint density at radius 3 is 1.35 bits per heavy atom. The molecule has 0 amide bonds. The van der Waals surface area contributed by atoms with Crippen molar-refractivity contribution < 1.29 is 0 Å². The van der Waals surface area contributed by atoms with Gasteiger partial charge in [-0.1, -0.05) is 171 Å². The zero-order chi connectivity index (χ0) is 31.9. The van der Waals surface area contributed by atoms with E-state index in [1.807, 2.05) is 60.7 Å². The first kappa shape index (κ1) is 28.5. The molecule has 3 heteroatoms. The van der Waals surface area contributed by atoms with Crippen LogP contribution >= 0.6 is 0 Å². The van der Waals surface area contributed by atoms with E-state index in [2.05, 4.69) is 91.0 Å². The van der Waals surface area contributed by atoms with Gasteiger partial charge in [-0.05, 0) is 57.3 Å². The third kappa shape index (κ3) is 4.86. The molecule has 0 bridgehead atoms. The van der Waals surface area contributed by atoms with Gasteiger partial charge in [-0.3, -0.25) is 0 Å². The van der Waals surface area contributed by atoms with E-state index in [9.17, 15) is 0 Å². The molecule has 0 N–H and O–H groups in total. The molecule has 1 heterocycles. The Kier molecular flexibility index (Phi) is 7.04. The second kappa shape index (κ2) is 11.8. The molecule has 0 aliphatic heterocycles. The van der Waals surface area contributed by atoms with Gasteiger partial charge in [0.1, 0.15) is 0 Å². The third-order valence-corrected chi connectivity index (χ3v) is 10.4. The predicted octanol–water partition coefficient (Wildman–Crippen LogP) is 11.4. The van der Waals surface area contributed by atoms with Crippen molar-refractivity contribution in [2.75, 3.05) is 0 Å². The molecule has 1 saturated carbocycles. The maximum Gasteiger partial charge on any atom is 0.164 e. The largest absolute Gasteiger partial charge is 0.208 e. The number of rotatable bonds is 5. The molecule has 48 heavy (non-hydrogen) atoms. The van der Waals surface area contributed by atoms with Gasteiger partial charge >= 0.3 is 0 Å². The second-order valence-electron chi connectivity index (χ2n) is 13.1. The van der Waals surface area contributed by atoms with Gasteiger partial charge in [-0.15, -0.1) is 0 Å². The lowest BCUT2D eigenvalue weighted by molar-refractivity contribution is 0.353. The van der Waals surface area contributed by atoms with Crippen LogP contribution in [-0.4, -0.2) is 15.0 Å². The zero-order valence-corrected chi connectivity index (χ0v) is 26.8. The van der Waals surface area contributed by atoms with E-state index in [4.69, 9.17) is 15.0 Å². The van der Waals surface area contributed by atoms with Crippen molar-refractivity contribution in [1.29, 1.82) is 0 Å². The lowest BCUT2D eigenvalue weighted by atomic mass is 9.68. The molecule has 2 aliphatic carbocycles. The van der Waals surface area contributed by atoms with Gasteiger partial charge in [-0.25, -0.2) is 15.0 Å². The fourth-order valence-electron chi connectivity index (χ4n) is 8.03. The van der Waals surface area contributed by atoms with E-state index >= 15 is 0 Å². The Morgan fingerprint density at radius 2 is 0.771 bits per heavy atom. The van der Waals surface area contributed by atoms with Crippen LogP contribution in [0, 0.1) is 0 Å². The maximum absolute atomic E-state index is 4.90. The number of nitrogens with zero attached hydrogens (tertiary/aromatic N) is 3. The zero-order valence-electron chi connectivity index (χ0n) is 26.8. The molecule has 0 unspecified atom stereocenters. The average molecular weight is 618 g/mol. The first-order chi connectivity index (χ1) is 23.8. The highest BCUT2D eigenvalue weighted by molar-refractivity contribution is 5.93. The molecule has 1 spiro atoms. The van der Waals surface area contributed by atoms with E-state index in [1.54, 1.807) is 0 Å². The average Bonchev–Trinajstić information content (AvgIpc) is 3.44. The topological polar surface area (TPSA) is 38.7 Å². The smallest absolute Gasteiger partial charge is 0.164 e. The molecule has 7 aromatic rings. The van der Waals surface area contributed by atoms with Gasteiger partial charge in [0.05, 0.1) is 0 Å². The van der Waals surface area contributed by atoms with Gasteiger partial charge in [0.25, 0.3) is 0 Å². The molecule has 1 fully saturated rings. The minimum absolute atomic E-state index is 0.171. The normalized spacial score (nSPS) is 14.4. The molecular formula is C45H35N3. The van der Waals surface area contributed by atoms with Crippen LogP contribution in [0.1, 0.15) is 43.2 Å². The summed E-state index contributed by atoms with van der Waals surface area (Å²) in [7, 11) is 0. The number of aromatic nitrogens is 3. The van der Waals surface area contributed by atoms with Gasteiger partial charge in [0.2, 0.25) is 0 Å². The first-order valence-corrected chi connectivity index (χ1v) is 17.1. The van der Waals surface area contributed by atoms with Crippen LogP contribution in [-0.2, 0) is 5.41 Å². The molecule has 9 rings (SSSR count). The van der Waals surface area contributed by atoms with Crippen LogP contribution in [0.2, 0.25) is 0 Å². The molecule has 6 aromatic carbocycles. The Balaban J connectivity index is 1.05. The van der Waals surface area contributed by atoms with Crippen LogP contribution in [0.4, 0.5) is 0 Å². The van der Waals surface area contributed by atoms with E-state index in [1.165, 1.54) is 71.0 Å². The number of benzene rings is 6. The molecule has 0 atom stereocenters. The summed E-state index contributed by atoms with van der Waals surface area (Å²) < 4.78 is 0. The quantitative estimate of drug-likeness (QED) is 0.193. The Bertz CT molecular complexity index is 2170. The highest BCUT2D eigenvalue weighted by atomic mass is 15.0. The van der Waals surface area contributed by atoms with E-state index in [0.29, 0.717) is 17.5 Å². The van der Waals surface area contributed by atoms with Crippen molar-refractivity contribution in [3.05, 3.63) is 163 Å². The summed E-state index contributed by atoms with van der Waals surface area (Å²) in [4.78, 5) is 14.6. The first-order valence-electron chi connectivity index (χ1n) is 17.1. The Hall–Kier alpha value is -5.67. The van der Waals surface area contributed by atoms with Crippen molar-refractivity contribution in [1.82, 2.24) is 15.0 Å². The molecule has 2 aliphatic rings. The molecule has 0 saturated heterocycles. The highest BCUT2D eigenvalue weighted by Crippen LogP contribution is 2.57. The van der Waals surface area contributed by atoms with E-state index < -0.39 is 0 Å². The van der Waals surface area contributed by atoms with Gasteiger partial charge < -0.3 is 0 Å². The molecule has 3 nitrogen and oxygen atoms in total. The summed E-state index contributed by atoms with van der Waals surface area (Å²) in [6, 6.07) is 54.0. The highest BCUT2D eigenvalue weighted by Gasteiger charge is 2.44. The summed E-state index contributed by atoms with van der Waals surface area (Å²) in [5, 5.41) is 0. The van der Waals surface area contributed by atoms with Crippen LogP contribution in [0.25, 0.3) is 67.5 Å². The number of hydrogen-bond donors (Lipinski definition) is 0. The summed E-state index contributed by atoms with van der Waals surface area (Å²) in [5.74, 6) is 2.01. The van der Waals surface area contributed by atoms with Crippen LogP contribution in [0.3, 0.4) is 0 Å². The van der Waals surface area contributed by atoms with E-state index in [-0.39, 0.29) is 5.41 Å². The lowest BCUT2D eigenvalue weighted by Crippen LogP contribution is -2.27. The number of hydrogen-bond acceptors (Lipinski definition) is 3.